The number of aromatic hydroxyl groups is 1. The molecule has 4 saturated heterocycles. The molecule has 13 nitrogen and oxygen atoms in total. The first-order chi connectivity index (χ1) is 25.7. The summed E-state index contributed by atoms with van der Waals surface area (Å²) in [5, 5.41) is 16.1. The molecule has 3 aromatic rings. The number of aromatic nitrogens is 1. The van der Waals surface area contributed by atoms with E-state index in [1.807, 2.05) is 35.2 Å². The zero-order valence-corrected chi connectivity index (χ0v) is 30.2. The van der Waals surface area contributed by atoms with Gasteiger partial charge in [-0.25, -0.2) is 24.2 Å². The normalized spacial score (nSPS) is 21.8. The molecule has 1 aromatic heterocycles. The van der Waals surface area contributed by atoms with Crippen molar-refractivity contribution in [3.63, 3.8) is 0 Å². The highest BCUT2D eigenvalue weighted by molar-refractivity contribution is 5.91. The van der Waals surface area contributed by atoms with E-state index in [-0.39, 0.29) is 62.5 Å². The molecule has 2 atom stereocenters. The molecule has 5 heterocycles. The third-order valence-corrected chi connectivity index (χ3v) is 10.8. The van der Waals surface area contributed by atoms with Crippen LogP contribution in [0.5, 0.6) is 5.75 Å². The molecular weight excluding hydrogens is 677 g/mol. The fourth-order valence-corrected chi connectivity index (χ4v) is 7.83. The number of benzene rings is 2. The quantitative estimate of drug-likeness (QED) is 0.288. The molecule has 0 spiro atoms. The van der Waals surface area contributed by atoms with E-state index in [9.17, 15) is 19.5 Å². The number of phenolic OH excluding ortho intramolecular Hbond substituents is 1. The molecule has 53 heavy (non-hydrogen) atoms. The van der Waals surface area contributed by atoms with E-state index in [4.69, 9.17) is 4.98 Å². The van der Waals surface area contributed by atoms with Crippen molar-refractivity contribution in [3.05, 3.63) is 102 Å². The van der Waals surface area contributed by atoms with Gasteiger partial charge in [0.1, 0.15) is 18.0 Å². The second-order valence-electron chi connectivity index (χ2n) is 14.1. The van der Waals surface area contributed by atoms with Crippen molar-refractivity contribution in [1.29, 1.82) is 0 Å². The Kier molecular flexibility index (Phi) is 10.9. The number of anilines is 1. The van der Waals surface area contributed by atoms with Gasteiger partial charge in [-0.1, -0.05) is 55.5 Å². The van der Waals surface area contributed by atoms with Crippen LogP contribution in [0.4, 0.5) is 15.0 Å². The van der Waals surface area contributed by atoms with Crippen molar-refractivity contribution in [1.82, 2.24) is 39.9 Å². The molecule has 4 aliphatic rings. The molecule has 7 rings (SSSR count). The first-order valence-electron chi connectivity index (χ1n) is 18.4. The predicted molar refractivity (Wildman–Crippen MR) is 198 cm³/mol. The lowest BCUT2D eigenvalue weighted by Gasteiger charge is -2.55. The van der Waals surface area contributed by atoms with Gasteiger partial charge in [-0.05, 0) is 41.9 Å². The van der Waals surface area contributed by atoms with E-state index in [0.717, 1.165) is 43.9 Å². The van der Waals surface area contributed by atoms with E-state index in [2.05, 4.69) is 28.6 Å². The number of hydrogen-bond acceptors (Lipinski definition) is 9. The number of amides is 4. The molecule has 0 aliphatic carbocycles. The Balaban J connectivity index is 1.14. The molecule has 0 bridgehead atoms. The number of fused-ring (bicyclic) bond motifs is 1. The van der Waals surface area contributed by atoms with Gasteiger partial charge in [0.05, 0.1) is 25.3 Å². The maximum absolute atomic E-state index is 15.3. The summed E-state index contributed by atoms with van der Waals surface area (Å²) in [6.07, 6.45) is 0.967. The topological polar surface area (TPSA) is 119 Å². The first-order valence-corrected chi connectivity index (χ1v) is 18.4. The fourth-order valence-electron chi connectivity index (χ4n) is 7.83. The zero-order valence-electron chi connectivity index (χ0n) is 30.2. The molecule has 0 saturated carbocycles. The second-order valence-corrected chi connectivity index (χ2v) is 14.1. The van der Waals surface area contributed by atoms with Gasteiger partial charge in [-0.2, -0.15) is 0 Å². The van der Waals surface area contributed by atoms with Crippen LogP contribution in [-0.4, -0.2) is 141 Å². The van der Waals surface area contributed by atoms with E-state index in [0.29, 0.717) is 24.8 Å². The van der Waals surface area contributed by atoms with Gasteiger partial charge in [0.25, 0.3) is 0 Å². The Hall–Kier alpha value is -5.05. The lowest BCUT2D eigenvalue weighted by Crippen LogP contribution is -2.76. The molecular formula is C39H48FN9O4. The number of carbonyl (C=O) groups is 3. The number of likely N-dealkylation sites (N-methyl/N-ethyl adjacent to an activating group) is 1. The molecule has 2 aromatic carbocycles. The largest absolute Gasteiger partial charge is 0.508 e. The fraction of sp³-hybridized carbons (Fsp3) is 0.436. The minimum absolute atomic E-state index is 0.0208. The molecule has 0 unspecified atom stereocenters. The lowest BCUT2D eigenvalue weighted by molar-refractivity contribution is -0.189. The van der Waals surface area contributed by atoms with Crippen LogP contribution in [0.1, 0.15) is 23.7 Å². The second kappa shape index (κ2) is 15.9. The molecule has 0 radical (unpaired) electrons. The molecule has 14 heteroatoms. The smallest absolute Gasteiger partial charge is 0.334 e. The maximum Gasteiger partial charge on any atom is 0.334 e. The van der Waals surface area contributed by atoms with Crippen molar-refractivity contribution in [3.8, 4) is 5.75 Å². The number of hydrogen-bond donors (Lipinski definition) is 2. The summed E-state index contributed by atoms with van der Waals surface area (Å²) in [4.78, 5) is 57.1. The van der Waals surface area contributed by atoms with Crippen molar-refractivity contribution in [2.45, 2.75) is 44.7 Å². The molecule has 4 amide bonds. The van der Waals surface area contributed by atoms with Crippen LogP contribution >= 0.6 is 0 Å². The van der Waals surface area contributed by atoms with Crippen LogP contribution in [0.2, 0.25) is 0 Å². The van der Waals surface area contributed by atoms with E-state index in [1.165, 1.54) is 16.0 Å². The number of pyridine rings is 1. The van der Waals surface area contributed by atoms with Crippen LogP contribution in [0.25, 0.3) is 0 Å². The minimum atomic E-state index is -0.940. The summed E-state index contributed by atoms with van der Waals surface area (Å²) >= 11 is 0. The highest BCUT2D eigenvalue weighted by Gasteiger charge is 2.51. The average Bonchev–Trinajstić information content (AvgIpc) is 3.14. The van der Waals surface area contributed by atoms with Gasteiger partial charge in [0.15, 0.2) is 11.6 Å². The van der Waals surface area contributed by atoms with E-state index in [1.54, 1.807) is 46.3 Å². The molecule has 4 fully saturated rings. The average molecular weight is 726 g/mol. The van der Waals surface area contributed by atoms with Crippen molar-refractivity contribution in [2.24, 2.45) is 0 Å². The Labute approximate surface area is 309 Å². The Morgan fingerprint density at radius 1 is 0.981 bits per heavy atom. The van der Waals surface area contributed by atoms with Crippen molar-refractivity contribution in [2.75, 3.05) is 70.3 Å². The summed E-state index contributed by atoms with van der Waals surface area (Å²) in [6, 6.07) is 18.0. The van der Waals surface area contributed by atoms with Gasteiger partial charge in [-0.3, -0.25) is 14.5 Å². The van der Waals surface area contributed by atoms with Crippen LogP contribution in [0.15, 0.2) is 79.4 Å². The summed E-state index contributed by atoms with van der Waals surface area (Å²) in [5.74, 6) is -0.642. The van der Waals surface area contributed by atoms with Crippen molar-refractivity contribution < 1.29 is 23.9 Å². The van der Waals surface area contributed by atoms with Gasteiger partial charge >= 0.3 is 6.03 Å². The van der Waals surface area contributed by atoms with Crippen LogP contribution < -0.4 is 10.2 Å². The number of urea groups is 1. The Bertz CT molecular complexity index is 1780. The number of piperazine rings is 2. The highest BCUT2D eigenvalue weighted by Crippen LogP contribution is 2.31. The first kappa shape index (κ1) is 36.3. The van der Waals surface area contributed by atoms with Crippen LogP contribution in [0, 0.1) is 5.82 Å². The number of hydrazine groups is 1. The molecule has 280 valence electrons. The van der Waals surface area contributed by atoms with Crippen LogP contribution in [-0.2, 0) is 29.1 Å². The lowest BCUT2D eigenvalue weighted by atomic mass is 9.98. The van der Waals surface area contributed by atoms with Gasteiger partial charge in [0.2, 0.25) is 11.8 Å². The Morgan fingerprint density at radius 3 is 2.42 bits per heavy atom. The highest BCUT2D eigenvalue weighted by atomic mass is 19.1. The number of phenols is 1. The number of halogens is 1. The monoisotopic (exact) mass is 725 g/mol. The van der Waals surface area contributed by atoms with Gasteiger partial charge in [-0.15, -0.1) is 6.58 Å². The third kappa shape index (κ3) is 7.85. The summed E-state index contributed by atoms with van der Waals surface area (Å²) in [7, 11) is 0. The van der Waals surface area contributed by atoms with Crippen molar-refractivity contribution >= 4 is 23.7 Å². The minimum Gasteiger partial charge on any atom is -0.508 e. The number of rotatable bonds is 11. The van der Waals surface area contributed by atoms with E-state index >= 15 is 4.39 Å². The van der Waals surface area contributed by atoms with Crippen LogP contribution in [0.3, 0.4) is 0 Å². The number of nitrogens with one attached hydrogen (secondary N) is 1. The SMILES string of the molecule is C=CCN1CC(=O)N2[C@@H](Cc3ccc(O)cc3)C(=O)N(Cc3ccc(F)c(N4CC(N5CCN(CC)CC5)C4)n3)C[C@@H]2N1C(=O)NCc1ccccc1. The summed E-state index contributed by atoms with van der Waals surface area (Å²) in [5.41, 5.74) is 2.17. The summed E-state index contributed by atoms with van der Waals surface area (Å²) < 4.78 is 15.3. The standard InChI is InChI=1S/C39H48FN9O4/c1-3-16-47-27-36(51)48-34(21-28-10-13-32(50)14-11-28)38(52)46(26-35(48)49(47)39(53)41-22-29-8-6-5-7-9-29)23-30-12-15-33(40)37(42-30)45-24-31(25-45)44-19-17-43(4-2)18-20-44/h3,5-15,31,34-35,50H,1,4,16-27H2,2H3,(H,41,53)/t34-,35-/m0/s1. The molecule has 4 aliphatic heterocycles. The predicted octanol–water partition coefficient (Wildman–Crippen LogP) is 2.49. The van der Waals surface area contributed by atoms with Gasteiger partial charge in [0, 0.05) is 64.8 Å². The molecule has 2 N–H and O–H groups in total. The Morgan fingerprint density at radius 2 is 1.72 bits per heavy atom. The maximum atomic E-state index is 15.3. The van der Waals surface area contributed by atoms with Gasteiger partial charge < -0.3 is 30.0 Å². The number of carbonyl (C=O) groups excluding carboxylic acids is 3. The zero-order chi connectivity index (χ0) is 37.1. The number of nitrogens with zero attached hydrogens (tertiary/aromatic N) is 8. The summed E-state index contributed by atoms with van der Waals surface area (Å²) in [6.45, 7) is 13.0. The third-order valence-electron chi connectivity index (χ3n) is 10.8. The van der Waals surface area contributed by atoms with E-state index < -0.39 is 24.1 Å².